The van der Waals surface area contributed by atoms with Crippen molar-refractivity contribution < 1.29 is 13.3 Å². The van der Waals surface area contributed by atoms with Crippen molar-refractivity contribution in [3.05, 3.63) is 64.5 Å². The van der Waals surface area contributed by atoms with Crippen LogP contribution in [0, 0.1) is 10.1 Å². The number of hydrazone groups is 1. The van der Waals surface area contributed by atoms with Gasteiger partial charge in [-0.15, -0.1) is 0 Å². The Bertz CT molecular complexity index is 775. The lowest BCUT2D eigenvalue weighted by atomic mass is 10.3. The minimum atomic E-state index is -3.96. The van der Waals surface area contributed by atoms with E-state index in [4.69, 9.17) is 0 Å². The first kappa shape index (κ1) is 14.6. The number of pyridine rings is 1. The molecule has 1 aromatic heterocycles. The molecule has 0 aliphatic carbocycles. The van der Waals surface area contributed by atoms with Crippen molar-refractivity contribution in [2.24, 2.45) is 5.10 Å². The van der Waals surface area contributed by atoms with Crippen molar-refractivity contribution in [2.45, 2.75) is 4.90 Å². The maximum Gasteiger partial charge on any atom is 0.276 e. The van der Waals surface area contributed by atoms with Crippen molar-refractivity contribution >= 4 is 21.9 Å². The molecular formula is C12H10N4O4S. The van der Waals surface area contributed by atoms with Gasteiger partial charge in [0.15, 0.2) is 0 Å². The molecule has 21 heavy (non-hydrogen) atoms. The van der Waals surface area contributed by atoms with Crippen molar-refractivity contribution in [1.29, 1.82) is 0 Å². The number of nitro groups is 1. The molecule has 0 atom stereocenters. The van der Waals surface area contributed by atoms with Crippen LogP contribution in [-0.4, -0.2) is 24.5 Å². The molecule has 0 spiro atoms. The highest BCUT2D eigenvalue weighted by Crippen LogP contribution is 2.16. The first-order chi connectivity index (χ1) is 9.99. The second-order valence-corrected chi connectivity index (χ2v) is 5.55. The van der Waals surface area contributed by atoms with E-state index in [0.29, 0.717) is 5.56 Å². The van der Waals surface area contributed by atoms with Gasteiger partial charge in [-0.05, 0) is 12.1 Å². The molecule has 1 N–H and O–H groups in total. The molecule has 0 saturated carbocycles. The normalized spacial score (nSPS) is 11.4. The minimum Gasteiger partial charge on any atom is -0.264 e. The number of benzene rings is 1. The number of hydrogen-bond donors (Lipinski definition) is 1. The fourth-order valence-corrected chi connectivity index (χ4v) is 2.27. The zero-order chi connectivity index (χ0) is 15.3. The second kappa shape index (κ2) is 6.09. The maximum absolute atomic E-state index is 11.9. The number of sulfonamides is 1. The van der Waals surface area contributed by atoms with E-state index in [2.05, 4.69) is 10.1 Å². The smallest absolute Gasteiger partial charge is 0.264 e. The lowest BCUT2D eigenvalue weighted by Gasteiger charge is -2.02. The van der Waals surface area contributed by atoms with Crippen LogP contribution in [-0.2, 0) is 10.0 Å². The van der Waals surface area contributed by atoms with Crippen LogP contribution in [0.5, 0.6) is 0 Å². The molecule has 0 aliphatic rings. The minimum absolute atomic E-state index is 0.236. The quantitative estimate of drug-likeness (QED) is 0.508. The molecule has 2 aromatic rings. The molecule has 8 nitrogen and oxygen atoms in total. The van der Waals surface area contributed by atoms with Gasteiger partial charge in [0.1, 0.15) is 0 Å². The molecule has 0 aliphatic heterocycles. The second-order valence-electron chi connectivity index (χ2n) is 3.89. The van der Waals surface area contributed by atoms with E-state index >= 15 is 0 Å². The van der Waals surface area contributed by atoms with Crippen LogP contribution in [0.25, 0.3) is 0 Å². The van der Waals surface area contributed by atoms with Gasteiger partial charge in [-0.25, -0.2) is 4.83 Å². The third-order valence-electron chi connectivity index (χ3n) is 2.41. The van der Waals surface area contributed by atoms with Gasteiger partial charge in [0.05, 0.1) is 16.0 Å². The Labute approximate surface area is 120 Å². The third-order valence-corrected chi connectivity index (χ3v) is 3.63. The van der Waals surface area contributed by atoms with E-state index < -0.39 is 14.9 Å². The topological polar surface area (TPSA) is 115 Å². The molecule has 2 rings (SSSR count). The summed E-state index contributed by atoms with van der Waals surface area (Å²) in [5, 5.41) is 14.2. The predicted octanol–water partition coefficient (Wildman–Crippen LogP) is 1.30. The van der Waals surface area contributed by atoms with Gasteiger partial charge in [-0.1, -0.05) is 12.1 Å². The molecule has 9 heteroatoms. The molecule has 0 amide bonds. The average molecular weight is 306 g/mol. The highest BCUT2D eigenvalue weighted by molar-refractivity contribution is 7.89. The molecule has 0 bridgehead atoms. The highest BCUT2D eigenvalue weighted by Gasteiger charge is 2.16. The van der Waals surface area contributed by atoms with Crippen molar-refractivity contribution in [2.75, 3.05) is 0 Å². The average Bonchev–Trinajstić information content (AvgIpc) is 2.48. The first-order valence-electron chi connectivity index (χ1n) is 5.68. The van der Waals surface area contributed by atoms with E-state index in [0.717, 1.165) is 6.07 Å². The van der Waals surface area contributed by atoms with Crippen molar-refractivity contribution in [1.82, 2.24) is 9.82 Å². The number of aromatic nitrogens is 1. The standard InChI is InChI=1S/C12H10N4O4S/c17-16(18)11-4-1-5-12(7-11)21(19,20)15-14-9-10-3-2-6-13-8-10/h1-9,15H/b14-9+. The van der Waals surface area contributed by atoms with Gasteiger partial charge in [0.2, 0.25) is 0 Å². The summed E-state index contributed by atoms with van der Waals surface area (Å²) in [6.07, 6.45) is 4.36. The van der Waals surface area contributed by atoms with Gasteiger partial charge < -0.3 is 0 Å². The molecule has 108 valence electrons. The number of nitrogens with one attached hydrogen (secondary N) is 1. The van der Waals surface area contributed by atoms with Gasteiger partial charge in [0.25, 0.3) is 15.7 Å². The molecule has 0 unspecified atom stereocenters. The number of rotatable bonds is 5. The molecule has 1 aromatic carbocycles. The zero-order valence-electron chi connectivity index (χ0n) is 10.6. The molecule has 1 heterocycles. The fourth-order valence-electron chi connectivity index (χ4n) is 1.44. The Morgan fingerprint density at radius 3 is 2.76 bits per heavy atom. The Balaban J connectivity index is 2.17. The van der Waals surface area contributed by atoms with Gasteiger partial charge >= 0.3 is 0 Å². The Morgan fingerprint density at radius 1 is 1.29 bits per heavy atom. The van der Waals surface area contributed by atoms with Crippen LogP contribution in [0.15, 0.2) is 58.8 Å². The summed E-state index contributed by atoms with van der Waals surface area (Å²) in [6, 6.07) is 8.07. The Hall–Kier alpha value is -2.81. The van der Waals surface area contributed by atoms with Crippen molar-refractivity contribution in [3.63, 3.8) is 0 Å². The first-order valence-corrected chi connectivity index (χ1v) is 7.17. The zero-order valence-corrected chi connectivity index (χ0v) is 11.4. The highest BCUT2D eigenvalue weighted by atomic mass is 32.2. The Morgan fingerprint density at radius 2 is 2.10 bits per heavy atom. The van der Waals surface area contributed by atoms with E-state index in [1.807, 2.05) is 4.83 Å². The summed E-state index contributed by atoms with van der Waals surface area (Å²) in [6.45, 7) is 0. The lowest BCUT2D eigenvalue weighted by Crippen LogP contribution is -2.18. The number of non-ortho nitro benzene ring substituents is 1. The summed E-state index contributed by atoms with van der Waals surface area (Å²) in [5.74, 6) is 0. The maximum atomic E-state index is 11.9. The van der Waals surface area contributed by atoms with E-state index in [-0.39, 0.29) is 10.6 Å². The predicted molar refractivity (Wildman–Crippen MR) is 75.2 cm³/mol. The summed E-state index contributed by atoms with van der Waals surface area (Å²) >= 11 is 0. The van der Waals surface area contributed by atoms with Crippen LogP contribution in [0.2, 0.25) is 0 Å². The summed E-state index contributed by atoms with van der Waals surface area (Å²) < 4.78 is 23.9. The van der Waals surface area contributed by atoms with Crippen LogP contribution in [0.3, 0.4) is 0 Å². The van der Waals surface area contributed by atoms with E-state index in [9.17, 15) is 18.5 Å². The third kappa shape index (κ3) is 3.83. The number of nitrogens with zero attached hydrogens (tertiary/aromatic N) is 3. The summed E-state index contributed by atoms with van der Waals surface area (Å²) in [4.78, 5) is 15.6. The van der Waals surface area contributed by atoms with Crippen LogP contribution in [0.1, 0.15) is 5.56 Å². The molecule has 0 saturated heterocycles. The Kier molecular flexibility index (Phi) is 4.24. The van der Waals surface area contributed by atoms with E-state index in [1.54, 1.807) is 18.3 Å². The lowest BCUT2D eigenvalue weighted by molar-refractivity contribution is -0.385. The van der Waals surface area contributed by atoms with Gasteiger partial charge in [-0.2, -0.15) is 13.5 Å². The largest absolute Gasteiger partial charge is 0.276 e. The summed E-state index contributed by atoms with van der Waals surface area (Å²) in [7, 11) is -3.96. The van der Waals surface area contributed by atoms with Crippen molar-refractivity contribution in [3.8, 4) is 0 Å². The molecule has 0 fully saturated rings. The van der Waals surface area contributed by atoms with Crippen LogP contribution >= 0.6 is 0 Å². The fraction of sp³-hybridized carbons (Fsp3) is 0. The SMILES string of the molecule is O=[N+]([O-])c1cccc(S(=O)(=O)N/N=C/c2cccnc2)c1. The molecule has 0 radical (unpaired) electrons. The van der Waals surface area contributed by atoms with E-state index in [1.165, 1.54) is 30.6 Å². The van der Waals surface area contributed by atoms with Gasteiger partial charge in [-0.3, -0.25) is 15.1 Å². The number of hydrogen-bond acceptors (Lipinski definition) is 6. The van der Waals surface area contributed by atoms with Gasteiger partial charge in [0, 0.05) is 30.1 Å². The van der Waals surface area contributed by atoms with Crippen LogP contribution in [0.4, 0.5) is 5.69 Å². The molecular weight excluding hydrogens is 296 g/mol. The van der Waals surface area contributed by atoms with Crippen LogP contribution < -0.4 is 4.83 Å². The monoisotopic (exact) mass is 306 g/mol. The summed E-state index contributed by atoms with van der Waals surface area (Å²) in [5.41, 5.74) is 0.299. The number of nitro benzene ring substituents is 1.